The van der Waals surface area contributed by atoms with Gasteiger partial charge in [-0.25, -0.2) is 0 Å². The van der Waals surface area contributed by atoms with E-state index in [2.05, 4.69) is 36.2 Å². The summed E-state index contributed by atoms with van der Waals surface area (Å²) >= 11 is 0. The molecule has 0 saturated carbocycles. The van der Waals surface area contributed by atoms with Crippen LogP contribution in [0.1, 0.15) is 22.7 Å². The summed E-state index contributed by atoms with van der Waals surface area (Å²) < 4.78 is 10.9. The van der Waals surface area contributed by atoms with Crippen LogP contribution in [0.4, 0.5) is 0 Å². The van der Waals surface area contributed by atoms with E-state index in [4.69, 9.17) is 9.47 Å². The molecule has 1 aliphatic heterocycles. The highest BCUT2D eigenvalue weighted by Gasteiger charge is 2.24. The minimum atomic E-state index is 0.183. The van der Waals surface area contributed by atoms with Gasteiger partial charge in [0.25, 0.3) is 0 Å². The van der Waals surface area contributed by atoms with E-state index in [1.54, 1.807) is 26.4 Å². The Kier molecular flexibility index (Phi) is 4.76. The van der Waals surface area contributed by atoms with E-state index in [0.29, 0.717) is 0 Å². The number of benzene rings is 2. The SMILES string of the molecule is COc1cc2c(cc1OC)C(/C=C/c1ccc(O)cc1)N(C)CC2. The smallest absolute Gasteiger partial charge is 0.161 e. The number of hydrogen-bond donors (Lipinski definition) is 1. The van der Waals surface area contributed by atoms with Crippen molar-refractivity contribution in [2.24, 2.45) is 0 Å². The van der Waals surface area contributed by atoms with Crippen molar-refractivity contribution in [2.45, 2.75) is 12.5 Å². The zero-order valence-corrected chi connectivity index (χ0v) is 14.3. The molecule has 2 aromatic carbocycles. The molecule has 0 spiro atoms. The molecule has 0 radical (unpaired) electrons. The number of phenols is 1. The molecule has 1 unspecified atom stereocenters. The van der Waals surface area contributed by atoms with Gasteiger partial charge in [-0.1, -0.05) is 24.3 Å². The molecule has 0 saturated heterocycles. The molecule has 0 bridgehead atoms. The zero-order chi connectivity index (χ0) is 17.1. The van der Waals surface area contributed by atoms with E-state index in [0.717, 1.165) is 30.0 Å². The summed E-state index contributed by atoms with van der Waals surface area (Å²) in [7, 11) is 5.46. The molecule has 1 N–H and O–H groups in total. The van der Waals surface area contributed by atoms with E-state index in [1.807, 2.05) is 12.1 Å². The molecule has 24 heavy (non-hydrogen) atoms. The Balaban J connectivity index is 1.95. The standard InChI is InChI=1S/C20H23NO3/c1-21-11-10-15-12-19(23-2)20(24-3)13-17(15)18(21)9-6-14-4-7-16(22)8-5-14/h4-9,12-13,18,22H,10-11H2,1-3H3/b9-6+. The van der Waals surface area contributed by atoms with Crippen molar-refractivity contribution in [3.05, 3.63) is 59.2 Å². The maximum Gasteiger partial charge on any atom is 0.161 e. The number of fused-ring (bicyclic) bond motifs is 1. The lowest BCUT2D eigenvalue weighted by atomic mass is 9.91. The fourth-order valence-electron chi connectivity index (χ4n) is 3.14. The van der Waals surface area contributed by atoms with Crippen molar-refractivity contribution in [3.63, 3.8) is 0 Å². The van der Waals surface area contributed by atoms with Gasteiger partial charge in [0.2, 0.25) is 0 Å². The van der Waals surface area contributed by atoms with Gasteiger partial charge >= 0.3 is 0 Å². The molecule has 3 rings (SSSR count). The van der Waals surface area contributed by atoms with Crippen LogP contribution in [0.2, 0.25) is 0 Å². The van der Waals surface area contributed by atoms with E-state index in [1.165, 1.54) is 11.1 Å². The van der Waals surface area contributed by atoms with E-state index in [9.17, 15) is 5.11 Å². The maximum atomic E-state index is 9.39. The zero-order valence-electron chi connectivity index (χ0n) is 14.3. The van der Waals surface area contributed by atoms with E-state index < -0.39 is 0 Å². The predicted octanol–water partition coefficient (Wildman–Crippen LogP) is 3.65. The van der Waals surface area contributed by atoms with Crippen LogP contribution in [0.15, 0.2) is 42.5 Å². The first-order chi connectivity index (χ1) is 11.6. The van der Waals surface area contributed by atoms with E-state index >= 15 is 0 Å². The number of methoxy groups -OCH3 is 2. The molecule has 0 amide bonds. The molecular formula is C20H23NO3. The van der Waals surface area contributed by atoms with Crippen LogP contribution in [0.5, 0.6) is 17.2 Å². The van der Waals surface area contributed by atoms with Gasteiger partial charge in [0.15, 0.2) is 11.5 Å². The molecule has 0 aromatic heterocycles. The van der Waals surface area contributed by atoms with Crippen LogP contribution < -0.4 is 9.47 Å². The fraction of sp³-hybridized carbons (Fsp3) is 0.300. The molecule has 0 fully saturated rings. The third-order valence-electron chi connectivity index (χ3n) is 4.54. The van der Waals surface area contributed by atoms with Crippen LogP contribution in [0.3, 0.4) is 0 Å². The molecule has 4 heteroatoms. The third kappa shape index (κ3) is 3.24. The molecule has 4 nitrogen and oxygen atoms in total. The number of likely N-dealkylation sites (N-methyl/N-ethyl adjacent to an activating group) is 1. The molecule has 2 aromatic rings. The van der Waals surface area contributed by atoms with Crippen molar-refractivity contribution in [1.82, 2.24) is 4.90 Å². The van der Waals surface area contributed by atoms with Gasteiger partial charge in [0.05, 0.1) is 20.3 Å². The Bertz CT molecular complexity index is 737. The van der Waals surface area contributed by atoms with Gasteiger partial charge in [-0.2, -0.15) is 0 Å². The minimum absolute atomic E-state index is 0.183. The molecule has 126 valence electrons. The number of aromatic hydroxyl groups is 1. The van der Waals surface area contributed by atoms with Crippen LogP contribution in [-0.2, 0) is 6.42 Å². The lowest BCUT2D eigenvalue weighted by Gasteiger charge is -2.33. The highest BCUT2D eigenvalue weighted by molar-refractivity contribution is 5.55. The Morgan fingerprint density at radius 2 is 1.75 bits per heavy atom. The van der Waals surface area contributed by atoms with Crippen molar-refractivity contribution < 1.29 is 14.6 Å². The van der Waals surface area contributed by atoms with Crippen LogP contribution in [0, 0.1) is 0 Å². The largest absolute Gasteiger partial charge is 0.508 e. The van der Waals surface area contributed by atoms with Gasteiger partial charge < -0.3 is 14.6 Å². The monoisotopic (exact) mass is 325 g/mol. The van der Waals surface area contributed by atoms with Crippen molar-refractivity contribution in [1.29, 1.82) is 0 Å². The second-order valence-corrected chi connectivity index (χ2v) is 6.03. The number of nitrogens with zero attached hydrogens (tertiary/aromatic N) is 1. The highest BCUT2D eigenvalue weighted by atomic mass is 16.5. The van der Waals surface area contributed by atoms with Crippen molar-refractivity contribution >= 4 is 6.08 Å². The molecule has 1 aliphatic rings. The first-order valence-electron chi connectivity index (χ1n) is 8.04. The maximum absolute atomic E-state index is 9.39. The average molecular weight is 325 g/mol. The molecule has 1 heterocycles. The Labute approximate surface area is 142 Å². The van der Waals surface area contributed by atoms with Gasteiger partial charge in [-0.3, -0.25) is 4.90 Å². The summed E-state index contributed by atoms with van der Waals surface area (Å²) in [5, 5.41) is 9.39. The third-order valence-corrected chi connectivity index (χ3v) is 4.54. The van der Waals surface area contributed by atoms with Gasteiger partial charge in [-0.15, -0.1) is 0 Å². The Morgan fingerprint density at radius 3 is 2.42 bits per heavy atom. The second-order valence-electron chi connectivity index (χ2n) is 6.03. The number of rotatable bonds is 4. The minimum Gasteiger partial charge on any atom is -0.508 e. The number of phenolic OH excluding ortho intramolecular Hbond substituents is 1. The summed E-state index contributed by atoms with van der Waals surface area (Å²) in [6.45, 7) is 0.993. The fourth-order valence-corrected chi connectivity index (χ4v) is 3.14. The van der Waals surface area contributed by atoms with Gasteiger partial charge in [0, 0.05) is 6.54 Å². The first-order valence-corrected chi connectivity index (χ1v) is 8.04. The number of ether oxygens (including phenoxy) is 2. The Morgan fingerprint density at radius 1 is 1.08 bits per heavy atom. The highest BCUT2D eigenvalue weighted by Crippen LogP contribution is 2.38. The summed E-state index contributed by atoms with van der Waals surface area (Å²) in [4.78, 5) is 2.32. The summed E-state index contributed by atoms with van der Waals surface area (Å²) in [5.74, 6) is 1.82. The summed E-state index contributed by atoms with van der Waals surface area (Å²) in [5.41, 5.74) is 3.61. The summed E-state index contributed by atoms with van der Waals surface area (Å²) in [6, 6.07) is 11.6. The predicted molar refractivity (Wildman–Crippen MR) is 95.8 cm³/mol. The number of hydrogen-bond acceptors (Lipinski definition) is 4. The van der Waals surface area contributed by atoms with Crippen LogP contribution in [-0.4, -0.2) is 37.8 Å². The van der Waals surface area contributed by atoms with Crippen LogP contribution in [0.25, 0.3) is 6.08 Å². The second kappa shape index (κ2) is 6.97. The van der Waals surface area contributed by atoms with Crippen molar-refractivity contribution in [3.8, 4) is 17.2 Å². The van der Waals surface area contributed by atoms with Crippen LogP contribution >= 0.6 is 0 Å². The Hall–Kier alpha value is -2.46. The molecule has 1 atom stereocenters. The van der Waals surface area contributed by atoms with Gasteiger partial charge in [0.1, 0.15) is 5.75 Å². The molecular weight excluding hydrogens is 302 g/mol. The molecule has 0 aliphatic carbocycles. The first kappa shape index (κ1) is 16.4. The van der Waals surface area contributed by atoms with Crippen molar-refractivity contribution in [2.75, 3.05) is 27.8 Å². The topological polar surface area (TPSA) is 41.9 Å². The van der Waals surface area contributed by atoms with E-state index in [-0.39, 0.29) is 11.8 Å². The lowest BCUT2D eigenvalue weighted by molar-refractivity contribution is 0.270. The van der Waals surface area contributed by atoms with Gasteiger partial charge in [-0.05, 0) is 54.4 Å². The average Bonchev–Trinajstić information content (AvgIpc) is 2.61. The lowest BCUT2D eigenvalue weighted by Crippen LogP contribution is -2.31. The normalized spacial score (nSPS) is 17.7. The summed E-state index contributed by atoms with van der Waals surface area (Å²) in [6.07, 6.45) is 5.28. The quantitative estimate of drug-likeness (QED) is 0.932.